The summed E-state index contributed by atoms with van der Waals surface area (Å²) in [5, 5.41) is 5.95. The number of hydrogen-bond acceptors (Lipinski definition) is 3. The number of fused-ring (bicyclic) bond motifs is 1. The third kappa shape index (κ3) is 3.36. The quantitative estimate of drug-likeness (QED) is 0.681. The van der Waals surface area contributed by atoms with E-state index in [1.165, 1.54) is 29.2 Å². The van der Waals surface area contributed by atoms with Crippen LogP contribution in [0.4, 0.5) is 0 Å². The fourth-order valence-corrected chi connectivity index (χ4v) is 4.11. The lowest BCUT2D eigenvalue weighted by Gasteiger charge is -2.25. The maximum Gasteiger partial charge on any atom is 0.193 e. The number of benzene rings is 2. The second-order valence-corrected chi connectivity index (χ2v) is 7.42. The van der Waals surface area contributed by atoms with E-state index in [1.54, 1.807) is 7.11 Å². The first-order valence-corrected chi connectivity index (χ1v) is 9.31. The molecule has 4 rings (SSSR count). The molecule has 0 amide bonds. The van der Waals surface area contributed by atoms with Crippen molar-refractivity contribution < 1.29 is 9.47 Å². The van der Waals surface area contributed by atoms with Crippen LogP contribution >= 0.6 is 0 Å². The zero-order valence-corrected chi connectivity index (χ0v) is 15.6. The minimum absolute atomic E-state index is 0.347. The number of rotatable bonds is 3. The van der Waals surface area contributed by atoms with Crippen LogP contribution in [0, 0.1) is 5.41 Å². The molecule has 1 atom stereocenters. The summed E-state index contributed by atoms with van der Waals surface area (Å²) in [6.07, 6.45) is 2.38. The summed E-state index contributed by atoms with van der Waals surface area (Å²) in [5.41, 5.74) is 1.60. The Bertz CT molecular complexity index is 812. The summed E-state index contributed by atoms with van der Waals surface area (Å²) in [6, 6.07) is 12.7. The first kappa shape index (κ1) is 17.2. The largest absolute Gasteiger partial charge is 0.497 e. The van der Waals surface area contributed by atoms with E-state index in [0.717, 1.165) is 44.6 Å². The van der Waals surface area contributed by atoms with Crippen molar-refractivity contribution in [2.24, 2.45) is 10.4 Å². The molecule has 2 aromatic carbocycles. The molecular formula is C21H27N3O2. The zero-order valence-electron chi connectivity index (χ0n) is 15.6. The number of aliphatic imine (C=N–C) groups is 1. The van der Waals surface area contributed by atoms with Gasteiger partial charge in [0, 0.05) is 38.7 Å². The van der Waals surface area contributed by atoms with Gasteiger partial charge in [-0.15, -0.1) is 0 Å². The lowest BCUT2D eigenvalue weighted by Crippen LogP contribution is -2.41. The van der Waals surface area contributed by atoms with Gasteiger partial charge in [0.05, 0.1) is 13.7 Å². The van der Waals surface area contributed by atoms with Gasteiger partial charge in [0.15, 0.2) is 5.96 Å². The highest BCUT2D eigenvalue weighted by Gasteiger charge is 2.42. The standard InChI is InChI=1S/C21H27N3O2/c1-22-20(24-9-7-21(14-24)8-10-26-15-21)23-13-16-3-4-18-12-19(25-2)6-5-17(18)11-16/h3-6,11-12H,7-10,13-15H2,1-2H3,(H,22,23). The van der Waals surface area contributed by atoms with Crippen molar-refractivity contribution in [3.63, 3.8) is 0 Å². The molecule has 2 fully saturated rings. The van der Waals surface area contributed by atoms with Crippen molar-refractivity contribution in [2.45, 2.75) is 19.4 Å². The van der Waals surface area contributed by atoms with Crippen LogP contribution in [0.25, 0.3) is 10.8 Å². The SMILES string of the molecule is CN=C(NCc1ccc2cc(OC)ccc2c1)N1CCC2(CCOC2)C1. The summed E-state index contributed by atoms with van der Waals surface area (Å²) in [7, 11) is 3.57. The van der Waals surface area contributed by atoms with Crippen LogP contribution in [0.3, 0.4) is 0 Å². The van der Waals surface area contributed by atoms with E-state index in [4.69, 9.17) is 9.47 Å². The van der Waals surface area contributed by atoms with Gasteiger partial charge in [0.2, 0.25) is 0 Å². The number of ether oxygens (including phenoxy) is 2. The number of nitrogens with one attached hydrogen (secondary N) is 1. The summed E-state index contributed by atoms with van der Waals surface area (Å²) in [4.78, 5) is 6.87. The number of hydrogen-bond donors (Lipinski definition) is 1. The van der Waals surface area contributed by atoms with Crippen molar-refractivity contribution in [1.29, 1.82) is 0 Å². The monoisotopic (exact) mass is 353 g/mol. The Morgan fingerprint density at radius 3 is 2.85 bits per heavy atom. The highest BCUT2D eigenvalue weighted by Crippen LogP contribution is 2.38. The molecule has 0 radical (unpaired) electrons. The molecule has 2 heterocycles. The molecule has 2 saturated heterocycles. The average Bonchev–Trinajstić information content (AvgIpc) is 3.32. The lowest BCUT2D eigenvalue weighted by atomic mass is 9.87. The third-order valence-electron chi connectivity index (χ3n) is 5.70. The molecular weight excluding hydrogens is 326 g/mol. The predicted octanol–water partition coefficient (Wildman–Crippen LogP) is 3.04. The predicted molar refractivity (Wildman–Crippen MR) is 105 cm³/mol. The molecule has 0 saturated carbocycles. The highest BCUT2D eigenvalue weighted by molar-refractivity contribution is 5.85. The van der Waals surface area contributed by atoms with Crippen molar-refractivity contribution in [3.05, 3.63) is 42.0 Å². The van der Waals surface area contributed by atoms with Crippen molar-refractivity contribution in [3.8, 4) is 5.75 Å². The highest BCUT2D eigenvalue weighted by atomic mass is 16.5. The van der Waals surface area contributed by atoms with Crippen LogP contribution in [0.5, 0.6) is 5.75 Å². The molecule has 0 bridgehead atoms. The third-order valence-corrected chi connectivity index (χ3v) is 5.70. The summed E-state index contributed by atoms with van der Waals surface area (Å²) in [5.74, 6) is 1.88. The van der Waals surface area contributed by atoms with Crippen molar-refractivity contribution in [1.82, 2.24) is 10.2 Å². The van der Waals surface area contributed by atoms with Crippen molar-refractivity contribution in [2.75, 3.05) is 40.5 Å². The summed E-state index contributed by atoms with van der Waals surface area (Å²) >= 11 is 0. The van der Waals surface area contributed by atoms with Gasteiger partial charge in [-0.3, -0.25) is 4.99 Å². The topological polar surface area (TPSA) is 46.1 Å². The number of guanidine groups is 1. The van der Waals surface area contributed by atoms with E-state index in [0.29, 0.717) is 5.41 Å². The number of nitrogens with zero attached hydrogens (tertiary/aromatic N) is 2. The Morgan fingerprint density at radius 1 is 1.23 bits per heavy atom. The second-order valence-electron chi connectivity index (χ2n) is 7.42. The Hall–Kier alpha value is -2.27. The molecule has 1 spiro atoms. The Morgan fingerprint density at radius 2 is 2.08 bits per heavy atom. The molecule has 1 N–H and O–H groups in total. The molecule has 0 aliphatic carbocycles. The van der Waals surface area contributed by atoms with Gasteiger partial charge in [0.25, 0.3) is 0 Å². The van der Waals surface area contributed by atoms with Crippen LogP contribution in [-0.2, 0) is 11.3 Å². The van der Waals surface area contributed by atoms with Gasteiger partial charge in [-0.25, -0.2) is 0 Å². The van der Waals surface area contributed by atoms with Crippen LogP contribution in [0.1, 0.15) is 18.4 Å². The minimum Gasteiger partial charge on any atom is -0.497 e. The maximum absolute atomic E-state index is 5.63. The zero-order chi connectivity index (χ0) is 18.0. The van der Waals surface area contributed by atoms with Crippen LogP contribution in [-0.4, -0.2) is 51.3 Å². The summed E-state index contributed by atoms with van der Waals surface area (Å²) < 4.78 is 10.9. The fraction of sp³-hybridized carbons (Fsp3) is 0.476. The lowest BCUT2D eigenvalue weighted by molar-refractivity contribution is 0.156. The molecule has 5 heteroatoms. The van der Waals surface area contributed by atoms with Crippen LogP contribution in [0.15, 0.2) is 41.4 Å². The number of likely N-dealkylation sites (tertiary alicyclic amines) is 1. The molecule has 5 nitrogen and oxygen atoms in total. The average molecular weight is 353 g/mol. The van der Waals surface area contributed by atoms with Gasteiger partial charge in [-0.05, 0) is 47.4 Å². The first-order valence-electron chi connectivity index (χ1n) is 9.31. The van der Waals surface area contributed by atoms with Gasteiger partial charge in [-0.2, -0.15) is 0 Å². The van der Waals surface area contributed by atoms with E-state index >= 15 is 0 Å². The summed E-state index contributed by atoms with van der Waals surface area (Å²) in [6.45, 7) is 4.68. The van der Waals surface area contributed by atoms with E-state index in [2.05, 4.69) is 45.5 Å². The van der Waals surface area contributed by atoms with Crippen molar-refractivity contribution >= 4 is 16.7 Å². The van der Waals surface area contributed by atoms with E-state index in [9.17, 15) is 0 Å². The van der Waals surface area contributed by atoms with Crippen LogP contribution in [0.2, 0.25) is 0 Å². The smallest absolute Gasteiger partial charge is 0.193 e. The van der Waals surface area contributed by atoms with Gasteiger partial charge in [-0.1, -0.05) is 18.2 Å². The minimum atomic E-state index is 0.347. The molecule has 26 heavy (non-hydrogen) atoms. The molecule has 1 unspecified atom stereocenters. The molecule has 2 aliphatic rings. The molecule has 2 aliphatic heterocycles. The molecule has 138 valence electrons. The normalized spacial score (nSPS) is 23.2. The molecule has 2 aromatic rings. The second kappa shape index (κ2) is 7.16. The maximum atomic E-state index is 5.63. The van der Waals surface area contributed by atoms with Gasteiger partial charge < -0.3 is 19.7 Å². The first-order chi connectivity index (χ1) is 12.7. The van der Waals surface area contributed by atoms with E-state index in [-0.39, 0.29) is 0 Å². The molecule has 0 aromatic heterocycles. The van der Waals surface area contributed by atoms with Crippen LogP contribution < -0.4 is 10.1 Å². The van der Waals surface area contributed by atoms with Gasteiger partial charge >= 0.3 is 0 Å². The Labute approximate surface area is 155 Å². The fourth-order valence-electron chi connectivity index (χ4n) is 4.11. The Kier molecular flexibility index (Phi) is 4.72. The van der Waals surface area contributed by atoms with E-state index < -0.39 is 0 Å². The number of methoxy groups -OCH3 is 1. The van der Waals surface area contributed by atoms with E-state index in [1.807, 2.05) is 13.1 Å². The Balaban J connectivity index is 1.41. The van der Waals surface area contributed by atoms with Gasteiger partial charge in [0.1, 0.15) is 5.75 Å².